The standard InChI is InChI=1S/C23H33N3O3/c27-22(17-4-2-1-3-5-17)24-20-6-7-21-18-12-16(14-26(21)23(20)28)13-25(15-18)19-8-10-29-11-9-19/h6-7,16-19H,1-5,8-15H2,(H,24,27)/p+1/t16-,18+/m0/s1. The van der Waals surface area contributed by atoms with E-state index >= 15 is 0 Å². The van der Waals surface area contributed by atoms with Crippen molar-refractivity contribution in [3.63, 3.8) is 0 Å². The molecule has 0 spiro atoms. The highest BCUT2D eigenvalue weighted by atomic mass is 16.5. The molecule has 1 aromatic rings. The van der Waals surface area contributed by atoms with Gasteiger partial charge in [-0.15, -0.1) is 0 Å². The molecule has 3 fully saturated rings. The second-order valence-electron chi connectivity index (χ2n) is 9.66. The highest BCUT2D eigenvalue weighted by molar-refractivity contribution is 5.92. The monoisotopic (exact) mass is 400 g/mol. The number of carbonyl (C=O) groups is 1. The van der Waals surface area contributed by atoms with Crippen LogP contribution in [0.5, 0.6) is 0 Å². The lowest BCUT2D eigenvalue weighted by Crippen LogP contribution is -3.18. The molecule has 0 aromatic carbocycles. The second kappa shape index (κ2) is 8.23. The van der Waals surface area contributed by atoms with E-state index in [1.807, 2.05) is 10.6 Å². The van der Waals surface area contributed by atoms with Gasteiger partial charge >= 0.3 is 0 Å². The minimum absolute atomic E-state index is 0.00382. The summed E-state index contributed by atoms with van der Waals surface area (Å²) in [6, 6.07) is 4.67. The number of piperidine rings is 1. The van der Waals surface area contributed by atoms with Crippen LogP contribution >= 0.6 is 0 Å². The number of amides is 1. The maximum Gasteiger partial charge on any atom is 0.274 e. The molecular weight excluding hydrogens is 366 g/mol. The SMILES string of the molecule is O=C(Nc1ccc2n(c1=O)C[C@H]1C[C@@H]2C[NH+](C2CCOCC2)C1)C1CCCCC1. The Morgan fingerprint density at radius 2 is 1.86 bits per heavy atom. The minimum atomic E-state index is -0.00382. The number of nitrogens with one attached hydrogen (secondary N) is 2. The van der Waals surface area contributed by atoms with Gasteiger partial charge in [0.15, 0.2) is 0 Å². The topological polar surface area (TPSA) is 64.8 Å². The molecule has 2 N–H and O–H groups in total. The summed E-state index contributed by atoms with van der Waals surface area (Å²) in [5.41, 5.74) is 1.64. The fourth-order valence-corrected chi connectivity index (χ4v) is 6.23. The number of hydrogen-bond donors (Lipinski definition) is 2. The Kier molecular flexibility index (Phi) is 5.48. The second-order valence-corrected chi connectivity index (χ2v) is 9.66. The molecule has 158 valence electrons. The lowest BCUT2D eigenvalue weighted by atomic mass is 9.82. The lowest BCUT2D eigenvalue weighted by molar-refractivity contribution is -0.937. The predicted molar refractivity (Wildman–Crippen MR) is 111 cm³/mol. The first-order chi connectivity index (χ1) is 14.2. The lowest BCUT2D eigenvalue weighted by Gasteiger charge is -2.44. The normalized spacial score (nSPS) is 30.6. The van der Waals surface area contributed by atoms with Crippen LogP contribution < -0.4 is 15.8 Å². The molecule has 4 heterocycles. The van der Waals surface area contributed by atoms with Crippen molar-refractivity contribution in [3.8, 4) is 0 Å². The van der Waals surface area contributed by atoms with E-state index in [4.69, 9.17) is 4.74 Å². The fourth-order valence-electron chi connectivity index (χ4n) is 6.23. The van der Waals surface area contributed by atoms with Crippen molar-refractivity contribution in [1.29, 1.82) is 0 Å². The van der Waals surface area contributed by atoms with E-state index in [0.29, 0.717) is 23.6 Å². The van der Waals surface area contributed by atoms with Gasteiger partial charge in [-0.1, -0.05) is 19.3 Å². The van der Waals surface area contributed by atoms with Gasteiger partial charge in [-0.3, -0.25) is 9.59 Å². The molecule has 1 unspecified atom stereocenters. The van der Waals surface area contributed by atoms with Gasteiger partial charge in [0.25, 0.3) is 5.56 Å². The summed E-state index contributed by atoms with van der Waals surface area (Å²) >= 11 is 0. The summed E-state index contributed by atoms with van der Waals surface area (Å²) in [6.07, 6.45) is 8.88. The van der Waals surface area contributed by atoms with Crippen molar-refractivity contribution in [1.82, 2.24) is 4.57 Å². The summed E-state index contributed by atoms with van der Waals surface area (Å²) < 4.78 is 7.52. The van der Waals surface area contributed by atoms with E-state index < -0.39 is 0 Å². The fraction of sp³-hybridized carbons (Fsp3) is 0.739. The van der Waals surface area contributed by atoms with Crippen LogP contribution in [0.25, 0.3) is 0 Å². The van der Waals surface area contributed by atoms with Crippen molar-refractivity contribution in [3.05, 3.63) is 28.2 Å². The number of anilines is 1. The average molecular weight is 401 g/mol. The van der Waals surface area contributed by atoms with Crippen LogP contribution in [0.1, 0.15) is 63.0 Å². The highest BCUT2D eigenvalue weighted by Gasteiger charge is 2.40. The largest absolute Gasteiger partial charge is 0.381 e. The number of aromatic nitrogens is 1. The number of likely N-dealkylation sites (tertiary alicyclic amines) is 1. The Morgan fingerprint density at radius 3 is 2.66 bits per heavy atom. The zero-order valence-corrected chi connectivity index (χ0v) is 17.3. The Hall–Kier alpha value is -1.66. The van der Waals surface area contributed by atoms with Crippen LogP contribution in [0.15, 0.2) is 16.9 Å². The maximum atomic E-state index is 13.2. The first kappa shape index (κ1) is 19.3. The molecule has 3 atom stereocenters. The number of nitrogens with zero attached hydrogens (tertiary/aromatic N) is 1. The molecule has 2 bridgehead atoms. The van der Waals surface area contributed by atoms with Crippen LogP contribution in [-0.4, -0.2) is 42.8 Å². The van der Waals surface area contributed by atoms with E-state index in [-0.39, 0.29) is 17.4 Å². The van der Waals surface area contributed by atoms with E-state index in [9.17, 15) is 9.59 Å². The number of hydrogen-bond acceptors (Lipinski definition) is 3. The van der Waals surface area contributed by atoms with Gasteiger partial charge in [0.1, 0.15) is 5.69 Å². The smallest absolute Gasteiger partial charge is 0.274 e. The van der Waals surface area contributed by atoms with Crippen molar-refractivity contribution < 1.29 is 14.4 Å². The van der Waals surface area contributed by atoms with E-state index in [0.717, 1.165) is 71.4 Å². The van der Waals surface area contributed by atoms with Crippen LogP contribution in [-0.2, 0) is 16.1 Å². The number of carbonyl (C=O) groups excluding carboxylic acids is 1. The van der Waals surface area contributed by atoms with Gasteiger partial charge < -0.3 is 19.5 Å². The number of rotatable bonds is 3. The number of quaternary nitrogens is 1. The Bertz CT molecular complexity index is 808. The molecule has 3 aliphatic heterocycles. The average Bonchev–Trinajstić information content (AvgIpc) is 2.77. The van der Waals surface area contributed by atoms with Crippen LogP contribution in [0.2, 0.25) is 0 Å². The molecule has 6 nitrogen and oxygen atoms in total. The van der Waals surface area contributed by atoms with E-state index in [2.05, 4.69) is 11.4 Å². The van der Waals surface area contributed by atoms with Crippen LogP contribution in [0.3, 0.4) is 0 Å². The van der Waals surface area contributed by atoms with Gasteiger partial charge in [0.05, 0.1) is 32.3 Å². The van der Waals surface area contributed by atoms with Crippen molar-refractivity contribution >= 4 is 11.6 Å². The molecule has 1 amide bonds. The maximum absolute atomic E-state index is 13.2. The quantitative estimate of drug-likeness (QED) is 0.809. The van der Waals surface area contributed by atoms with Crippen molar-refractivity contribution in [2.75, 3.05) is 31.6 Å². The molecule has 1 aliphatic carbocycles. The molecule has 29 heavy (non-hydrogen) atoms. The molecule has 1 saturated carbocycles. The highest BCUT2D eigenvalue weighted by Crippen LogP contribution is 2.31. The van der Waals surface area contributed by atoms with Crippen LogP contribution in [0, 0.1) is 11.8 Å². The molecule has 6 heteroatoms. The van der Waals surface area contributed by atoms with Crippen molar-refractivity contribution in [2.24, 2.45) is 11.8 Å². The zero-order valence-electron chi connectivity index (χ0n) is 17.3. The Labute approximate surface area is 172 Å². The zero-order chi connectivity index (χ0) is 19.8. The Morgan fingerprint density at radius 1 is 1.07 bits per heavy atom. The molecular formula is C23H34N3O3+. The third kappa shape index (κ3) is 3.89. The third-order valence-electron chi connectivity index (χ3n) is 7.78. The summed E-state index contributed by atoms with van der Waals surface area (Å²) in [5.74, 6) is 1.12. The van der Waals surface area contributed by atoms with Gasteiger partial charge in [0.2, 0.25) is 5.91 Å². The molecule has 5 rings (SSSR count). The van der Waals surface area contributed by atoms with Gasteiger partial charge in [-0.2, -0.15) is 0 Å². The molecule has 4 aliphatic rings. The summed E-state index contributed by atoms with van der Waals surface area (Å²) in [6.45, 7) is 4.86. The summed E-state index contributed by atoms with van der Waals surface area (Å²) in [7, 11) is 0. The Balaban J connectivity index is 1.33. The van der Waals surface area contributed by atoms with Crippen LogP contribution in [0.4, 0.5) is 5.69 Å². The number of pyridine rings is 1. The first-order valence-corrected chi connectivity index (χ1v) is 11.7. The van der Waals surface area contributed by atoms with Gasteiger partial charge in [0, 0.05) is 42.8 Å². The van der Waals surface area contributed by atoms with E-state index in [1.54, 1.807) is 4.90 Å². The van der Waals surface area contributed by atoms with Gasteiger partial charge in [-0.05, 0) is 31.4 Å². The van der Waals surface area contributed by atoms with Crippen molar-refractivity contribution in [2.45, 2.75) is 69.9 Å². The molecule has 1 aromatic heterocycles. The molecule has 0 radical (unpaired) electrons. The minimum Gasteiger partial charge on any atom is -0.381 e. The summed E-state index contributed by atoms with van der Waals surface area (Å²) in [5, 5.41) is 2.96. The predicted octanol–water partition coefficient (Wildman–Crippen LogP) is 1.55. The third-order valence-corrected chi connectivity index (χ3v) is 7.78. The number of fused-ring (bicyclic) bond motifs is 4. The molecule has 2 saturated heterocycles. The van der Waals surface area contributed by atoms with Gasteiger partial charge in [-0.25, -0.2) is 0 Å². The number of ether oxygens (including phenoxy) is 1. The summed E-state index contributed by atoms with van der Waals surface area (Å²) in [4.78, 5) is 27.5. The van der Waals surface area contributed by atoms with E-state index in [1.165, 1.54) is 18.5 Å². The first-order valence-electron chi connectivity index (χ1n) is 11.7.